The quantitative estimate of drug-likeness (QED) is 0.728. The van der Waals surface area contributed by atoms with Crippen LogP contribution in [0.1, 0.15) is 5.56 Å². The first-order chi connectivity index (χ1) is 9.16. The van der Waals surface area contributed by atoms with Crippen molar-refractivity contribution in [2.24, 2.45) is 7.05 Å². The number of hydrogen-bond donors (Lipinski definition) is 0. The van der Waals surface area contributed by atoms with Gasteiger partial charge in [-0.15, -0.1) is 0 Å². The van der Waals surface area contributed by atoms with Crippen molar-refractivity contribution in [1.82, 2.24) is 14.5 Å². The van der Waals surface area contributed by atoms with Gasteiger partial charge in [0.1, 0.15) is 5.65 Å². The molecule has 0 fully saturated rings. The molecule has 3 rings (SSSR count). The molecule has 3 nitrogen and oxygen atoms in total. The van der Waals surface area contributed by atoms with Gasteiger partial charge >= 0.3 is 0 Å². The molecule has 3 heterocycles. The Labute approximate surface area is 117 Å². The fourth-order valence-electron chi connectivity index (χ4n) is 2.51. The molecule has 0 radical (unpaired) electrons. The Bertz CT molecular complexity index is 696. The summed E-state index contributed by atoms with van der Waals surface area (Å²) >= 11 is 1.73. The van der Waals surface area contributed by atoms with Gasteiger partial charge in [0.05, 0.1) is 0 Å². The lowest BCUT2D eigenvalue weighted by atomic mass is 10.0. The lowest BCUT2D eigenvalue weighted by Crippen LogP contribution is -2.10. The molecule has 4 heteroatoms. The van der Waals surface area contributed by atoms with Crippen molar-refractivity contribution in [1.29, 1.82) is 0 Å². The number of fused-ring (bicyclic) bond motifs is 1. The highest BCUT2D eigenvalue weighted by atomic mass is 32.1. The number of aryl methyl sites for hydroxylation is 1. The maximum absolute atomic E-state index is 4.53. The number of rotatable bonds is 3. The third-order valence-electron chi connectivity index (χ3n) is 3.25. The average Bonchev–Trinajstić information content (AvgIpc) is 2.98. The van der Waals surface area contributed by atoms with Crippen molar-refractivity contribution in [2.75, 3.05) is 14.1 Å². The van der Waals surface area contributed by atoms with Gasteiger partial charge in [-0.1, -0.05) is 0 Å². The fourth-order valence-corrected chi connectivity index (χ4v) is 3.17. The highest BCUT2D eigenvalue weighted by Crippen LogP contribution is 2.32. The predicted molar refractivity (Wildman–Crippen MR) is 81.4 cm³/mol. The molecule has 0 aromatic carbocycles. The van der Waals surface area contributed by atoms with Crippen LogP contribution in [-0.4, -0.2) is 28.5 Å². The van der Waals surface area contributed by atoms with Crippen molar-refractivity contribution in [3.8, 4) is 11.1 Å². The van der Waals surface area contributed by atoms with Gasteiger partial charge < -0.3 is 9.47 Å². The molecule has 0 aliphatic rings. The molecule has 0 aliphatic carbocycles. The normalized spacial score (nSPS) is 11.6. The number of hydrogen-bond acceptors (Lipinski definition) is 3. The second-order valence-electron chi connectivity index (χ2n) is 5.07. The summed E-state index contributed by atoms with van der Waals surface area (Å²) in [5.74, 6) is 0. The minimum atomic E-state index is 0.931. The van der Waals surface area contributed by atoms with Gasteiger partial charge in [-0.05, 0) is 53.7 Å². The van der Waals surface area contributed by atoms with Crippen molar-refractivity contribution in [3.63, 3.8) is 0 Å². The largest absolute Gasteiger partial charge is 0.335 e. The first-order valence-corrected chi connectivity index (χ1v) is 7.21. The summed E-state index contributed by atoms with van der Waals surface area (Å²) in [6.07, 6.45) is 4.09. The van der Waals surface area contributed by atoms with Crippen LogP contribution in [0.15, 0.2) is 35.3 Å². The van der Waals surface area contributed by atoms with Crippen LogP contribution in [0.4, 0.5) is 0 Å². The van der Waals surface area contributed by atoms with Crippen LogP contribution in [0.25, 0.3) is 22.2 Å². The van der Waals surface area contributed by atoms with E-state index >= 15 is 0 Å². The maximum atomic E-state index is 4.53. The van der Waals surface area contributed by atoms with Crippen LogP contribution in [0.3, 0.4) is 0 Å². The Balaban J connectivity index is 2.28. The molecule has 0 saturated heterocycles. The number of pyridine rings is 1. The second kappa shape index (κ2) is 4.79. The molecule has 0 atom stereocenters. The van der Waals surface area contributed by atoms with Gasteiger partial charge in [0.2, 0.25) is 0 Å². The standard InChI is InChI=1S/C15H17N3S/c1-17(2)8-12-9-18(3)15-14(12)13(4-6-16-15)11-5-7-19-10-11/h4-7,9-10H,8H2,1-3H3. The zero-order valence-electron chi connectivity index (χ0n) is 11.4. The van der Waals surface area contributed by atoms with Crippen molar-refractivity contribution in [2.45, 2.75) is 6.54 Å². The first-order valence-electron chi connectivity index (χ1n) is 6.27. The Morgan fingerprint density at radius 3 is 2.84 bits per heavy atom. The van der Waals surface area contributed by atoms with E-state index in [9.17, 15) is 0 Å². The van der Waals surface area contributed by atoms with E-state index < -0.39 is 0 Å². The Morgan fingerprint density at radius 1 is 1.32 bits per heavy atom. The topological polar surface area (TPSA) is 21.1 Å². The average molecular weight is 271 g/mol. The smallest absolute Gasteiger partial charge is 0.140 e. The molecule has 98 valence electrons. The summed E-state index contributed by atoms with van der Waals surface area (Å²) in [5, 5.41) is 5.59. The molecule has 3 aromatic rings. The highest BCUT2D eigenvalue weighted by molar-refractivity contribution is 7.08. The van der Waals surface area contributed by atoms with E-state index in [1.165, 1.54) is 22.1 Å². The van der Waals surface area contributed by atoms with E-state index in [1.807, 2.05) is 6.20 Å². The van der Waals surface area contributed by atoms with Crippen LogP contribution >= 0.6 is 11.3 Å². The van der Waals surface area contributed by atoms with E-state index in [4.69, 9.17) is 0 Å². The molecule has 0 amide bonds. The van der Waals surface area contributed by atoms with Gasteiger partial charge in [-0.25, -0.2) is 4.98 Å². The monoisotopic (exact) mass is 271 g/mol. The second-order valence-corrected chi connectivity index (χ2v) is 5.85. The van der Waals surface area contributed by atoms with Crippen LogP contribution in [-0.2, 0) is 13.6 Å². The Morgan fingerprint density at radius 2 is 2.16 bits per heavy atom. The van der Waals surface area contributed by atoms with E-state index in [0.717, 1.165) is 12.2 Å². The predicted octanol–water partition coefficient (Wildman–Crippen LogP) is 3.36. The highest BCUT2D eigenvalue weighted by Gasteiger charge is 2.13. The summed E-state index contributed by atoms with van der Waals surface area (Å²) in [6, 6.07) is 4.29. The van der Waals surface area contributed by atoms with Crippen LogP contribution in [0, 0.1) is 0 Å². The zero-order chi connectivity index (χ0) is 13.4. The first kappa shape index (κ1) is 12.4. The van der Waals surface area contributed by atoms with Gasteiger partial charge in [0.25, 0.3) is 0 Å². The number of aromatic nitrogens is 2. The third kappa shape index (κ3) is 2.17. The molecule has 3 aromatic heterocycles. The molecule has 19 heavy (non-hydrogen) atoms. The van der Waals surface area contributed by atoms with Gasteiger partial charge in [-0.2, -0.15) is 11.3 Å². The molecule has 0 bridgehead atoms. The molecule has 0 saturated carbocycles. The van der Waals surface area contributed by atoms with Crippen molar-refractivity contribution >= 4 is 22.4 Å². The van der Waals surface area contributed by atoms with Crippen molar-refractivity contribution < 1.29 is 0 Å². The van der Waals surface area contributed by atoms with Gasteiger partial charge in [0, 0.05) is 31.4 Å². The van der Waals surface area contributed by atoms with Crippen LogP contribution in [0.2, 0.25) is 0 Å². The van der Waals surface area contributed by atoms with E-state index in [0.29, 0.717) is 0 Å². The maximum Gasteiger partial charge on any atom is 0.140 e. The zero-order valence-corrected chi connectivity index (χ0v) is 12.2. The number of thiophene rings is 1. The minimum Gasteiger partial charge on any atom is -0.335 e. The summed E-state index contributed by atoms with van der Waals surface area (Å²) in [4.78, 5) is 6.72. The van der Waals surface area contributed by atoms with Gasteiger partial charge in [0.15, 0.2) is 0 Å². The molecule has 0 aliphatic heterocycles. The van der Waals surface area contributed by atoms with E-state index in [1.54, 1.807) is 11.3 Å². The molecule has 0 N–H and O–H groups in total. The Hall–Kier alpha value is -1.65. The lowest BCUT2D eigenvalue weighted by molar-refractivity contribution is 0.404. The van der Waals surface area contributed by atoms with Crippen LogP contribution < -0.4 is 0 Å². The Kier molecular flexibility index (Phi) is 3.12. The summed E-state index contributed by atoms with van der Waals surface area (Å²) in [5.41, 5.74) is 4.95. The van der Waals surface area contributed by atoms with E-state index in [2.05, 4.69) is 64.7 Å². The molecular formula is C15H17N3S. The summed E-state index contributed by atoms with van der Waals surface area (Å²) in [6.45, 7) is 0.931. The fraction of sp³-hybridized carbons (Fsp3) is 0.267. The third-order valence-corrected chi connectivity index (χ3v) is 3.94. The van der Waals surface area contributed by atoms with Crippen LogP contribution in [0.5, 0.6) is 0 Å². The van der Waals surface area contributed by atoms with Gasteiger partial charge in [-0.3, -0.25) is 0 Å². The lowest BCUT2D eigenvalue weighted by Gasteiger charge is -2.09. The SMILES string of the molecule is CN(C)Cc1cn(C)c2nccc(-c3ccsc3)c12. The summed E-state index contributed by atoms with van der Waals surface area (Å²) < 4.78 is 2.12. The molecular weight excluding hydrogens is 254 g/mol. The molecule has 0 unspecified atom stereocenters. The van der Waals surface area contributed by atoms with Crippen molar-refractivity contribution in [3.05, 3.63) is 40.8 Å². The van der Waals surface area contributed by atoms with E-state index in [-0.39, 0.29) is 0 Å². The minimum absolute atomic E-state index is 0.931. The molecule has 0 spiro atoms. The number of nitrogens with zero attached hydrogens (tertiary/aromatic N) is 3. The summed E-state index contributed by atoms with van der Waals surface area (Å²) in [7, 11) is 6.25.